The van der Waals surface area contributed by atoms with Crippen molar-refractivity contribution >= 4 is 23.7 Å². The number of aliphatic hydroxyl groups is 1. The molecule has 2 saturated heterocycles. The van der Waals surface area contributed by atoms with Gasteiger partial charge in [0.05, 0.1) is 30.7 Å². The summed E-state index contributed by atoms with van der Waals surface area (Å²) >= 11 is 0. The maximum Gasteiger partial charge on any atom is 0.313 e. The lowest BCUT2D eigenvalue weighted by molar-refractivity contribution is -0.164. The monoisotopic (exact) mass is 593 g/mol. The van der Waals surface area contributed by atoms with Gasteiger partial charge in [0.1, 0.15) is 23.7 Å². The van der Waals surface area contributed by atoms with E-state index in [1.54, 1.807) is 35.1 Å². The van der Waals surface area contributed by atoms with Crippen LogP contribution in [0.2, 0.25) is 0 Å². The minimum absolute atomic E-state index is 0.0828. The fraction of sp³-hybridized carbons (Fsp3) is 0.576. The minimum atomic E-state index is -1.43. The predicted octanol–water partition coefficient (Wildman–Crippen LogP) is 2.63. The lowest BCUT2D eigenvalue weighted by atomic mass is 9.77. The standard InChI is InChI=1S/C33H43N3O7/c1-6-23(19-37)36-29-31(40)35(20(2)3)18-12-17-33(29)27(30(36)39)26-24(43-33)15-10-11-16-25(38)34(5)21(4)28(42-32(26)41)22-13-8-7-9-14-22/h7-10,12-15,17,20-21,23-24,26-29,37H,6,11,16,18-19H2,1-5H3/b15-10-/t21-,23+,24-,26+,27+,28+,29-,33+/m1/s1. The highest BCUT2D eigenvalue weighted by molar-refractivity contribution is 5.99. The summed E-state index contributed by atoms with van der Waals surface area (Å²) in [5.41, 5.74) is -0.707. The van der Waals surface area contributed by atoms with Gasteiger partial charge in [-0.05, 0) is 39.2 Å². The van der Waals surface area contributed by atoms with E-state index in [0.717, 1.165) is 5.56 Å². The topological polar surface area (TPSA) is 117 Å². The Morgan fingerprint density at radius 2 is 1.79 bits per heavy atom. The van der Waals surface area contributed by atoms with Gasteiger partial charge in [-0.3, -0.25) is 19.2 Å². The Bertz CT molecular complexity index is 1290. The van der Waals surface area contributed by atoms with Crippen molar-refractivity contribution in [1.29, 1.82) is 0 Å². The Hall–Kier alpha value is -3.50. The molecule has 2 fully saturated rings. The fourth-order valence-corrected chi connectivity index (χ4v) is 7.12. The second kappa shape index (κ2) is 12.2. The number of amides is 3. The third kappa shape index (κ3) is 5.18. The van der Waals surface area contributed by atoms with Crippen LogP contribution in [0.15, 0.2) is 54.6 Å². The van der Waals surface area contributed by atoms with Crippen LogP contribution in [-0.2, 0) is 28.7 Å². The molecule has 0 radical (unpaired) electrons. The summed E-state index contributed by atoms with van der Waals surface area (Å²) in [7, 11) is 1.70. The van der Waals surface area contributed by atoms with Crippen LogP contribution in [0.1, 0.15) is 58.6 Å². The molecule has 0 bridgehead atoms. The average Bonchev–Trinajstić information content (AvgIpc) is 3.38. The first-order valence-electron chi connectivity index (χ1n) is 15.3. The van der Waals surface area contributed by atoms with Gasteiger partial charge in [0.2, 0.25) is 17.7 Å². The third-order valence-corrected chi connectivity index (χ3v) is 9.60. The quantitative estimate of drug-likeness (QED) is 0.412. The van der Waals surface area contributed by atoms with Crippen molar-refractivity contribution < 1.29 is 33.8 Å². The smallest absolute Gasteiger partial charge is 0.313 e. The zero-order valence-electron chi connectivity index (χ0n) is 25.6. The maximum atomic E-state index is 14.5. The van der Waals surface area contributed by atoms with Gasteiger partial charge in [-0.25, -0.2) is 0 Å². The number of nitrogens with zero attached hydrogens (tertiary/aromatic N) is 3. The number of likely N-dealkylation sites (N-methyl/N-ethyl adjacent to an activating group) is 1. The van der Waals surface area contributed by atoms with Crippen LogP contribution >= 0.6 is 0 Å². The normalized spacial score (nSPS) is 34.6. The molecule has 232 valence electrons. The highest BCUT2D eigenvalue weighted by Gasteiger charge is 2.72. The largest absolute Gasteiger partial charge is 0.455 e. The summed E-state index contributed by atoms with van der Waals surface area (Å²) in [4.78, 5) is 60.9. The predicted molar refractivity (Wildman–Crippen MR) is 158 cm³/mol. The van der Waals surface area contributed by atoms with Crippen molar-refractivity contribution in [3.05, 3.63) is 60.2 Å². The van der Waals surface area contributed by atoms with E-state index in [9.17, 15) is 24.3 Å². The second-order valence-corrected chi connectivity index (χ2v) is 12.3. The van der Waals surface area contributed by atoms with Gasteiger partial charge >= 0.3 is 5.97 Å². The first kappa shape index (κ1) is 30.9. The van der Waals surface area contributed by atoms with Crippen LogP contribution in [0.3, 0.4) is 0 Å². The molecule has 3 amide bonds. The van der Waals surface area contributed by atoms with Gasteiger partial charge in [-0.1, -0.05) is 61.6 Å². The van der Waals surface area contributed by atoms with Crippen molar-refractivity contribution in [2.24, 2.45) is 11.8 Å². The molecule has 0 unspecified atom stereocenters. The van der Waals surface area contributed by atoms with Gasteiger partial charge < -0.3 is 29.3 Å². The van der Waals surface area contributed by atoms with E-state index in [-0.39, 0.29) is 30.9 Å². The van der Waals surface area contributed by atoms with Crippen molar-refractivity contribution in [1.82, 2.24) is 14.7 Å². The summed E-state index contributed by atoms with van der Waals surface area (Å²) in [5, 5.41) is 10.3. The highest BCUT2D eigenvalue weighted by atomic mass is 16.6. The van der Waals surface area contributed by atoms with Gasteiger partial charge in [0, 0.05) is 26.1 Å². The molecular weight excluding hydrogens is 550 g/mol. The number of likely N-dealkylation sites (tertiary alicyclic amines) is 1. The van der Waals surface area contributed by atoms with Gasteiger partial charge in [0.25, 0.3) is 0 Å². The molecule has 4 aliphatic heterocycles. The van der Waals surface area contributed by atoms with Crippen LogP contribution < -0.4 is 0 Å². The number of hydrogen-bond donors (Lipinski definition) is 1. The van der Waals surface area contributed by atoms with Crippen LogP contribution in [0, 0.1) is 11.8 Å². The molecule has 0 saturated carbocycles. The van der Waals surface area contributed by atoms with Crippen LogP contribution in [0.5, 0.6) is 0 Å². The number of esters is 1. The second-order valence-electron chi connectivity index (χ2n) is 12.3. The van der Waals surface area contributed by atoms with Crippen LogP contribution in [0.25, 0.3) is 0 Å². The van der Waals surface area contributed by atoms with E-state index in [1.165, 1.54) is 4.90 Å². The molecule has 10 heteroatoms. The summed E-state index contributed by atoms with van der Waals surface area (Å²) in [6.45, 7) is 7.53. The van der Waals surface area contributed by atoms with E-state index in [0.29, 0.717) is 19.4 Å². The molecule has 1 spiro atoms. The van der Waals surface area contributed by atoms with Crippen molar-refractivity contribution in [3.63, 3.8) is 0 Å². The lowest BCUT2D eigenvalue weighted by Gasteiger charge is -2.39. The van der Waals surface area contributed by atoms with E-state index in [1.807, 2.05) is 64.1 Å². The lowest BCUT2D eigenvalue weighted by Crippen LogP contribution is -2.58. The van der Waals surface area contributed by atoms with Crippen LogP contribution in [-0.4, -0.2) is 99.6 Å². The molecule has 1 aromatic rings. The SMILES string of the molecule is CC[C@@H](CO)N1C(=O)[C@@H]2[C@H]3C(=O)O[C@H](c4ccccc4)[C@@H](C)N(C)C(=O)CC/C=C\[C@H]3O[C@@]23C=CCN(C(C)C)C(=O)[C@@H]13. The van der Waals surface area contributed by atoms with E-state index in [2.05, 4.69) is 0 Å². The van der Waals surface area contributed by atoms with Gasteiger partial charge in [-0.2, -0.15) is 0 Å². The molecular formula is C33H43N3O7. The number of allylic oxidation sites excluding steroid dienone is 1. The summed E-state index contributed by atoms with van der Waals surface area (Å²) in [6.07, 6.45) is 6.61. The number of hydrogen-bond acceptors (Lipinski definition) is 7. The number of rotatable bonds is 5. The van der Waals surface area contributed by atoms with E-state index in [4.69, 9.17) is 9.47 Å². The fourth-order valence-electron chi connectivity index (χ4n) is 7.12. The summed E-state index contributed by atoms with van der Waals surface area (Å²) in [5.74, 6) is -3.48. The Morgan fingerprint density at radius 1 is 1.07 bits per heavy atom. The molecule has 4 heterocycles. The Morgan fingerprint density at radius 3 is 2.44 bits per heavy atom. The zero-order valence-corrected chi connectivity index (χ0v) is 25.6. The number of carbonyl (C=O) groups excluding carboxylic acids is 4. The molecule has 43 heavy (non-hydrogen) atoms. The van der Waals surface area contributed by atoms with Crippen molar-refractivity contribution in [2.75, 3.05) is 20.2 Å². The number of benzene rings is 1. The van der Waals surface area contributed by atoms with Crippen LogP contribution in [0.4, 0.5) is 0 Å². The van der Waals surface area contributed by atoms with Crippen molar-refractivity contribution in [3.8, 4) is 0 Å². The number of fused-ring (bicyclic) bond motifs is 2. The maximum absolute atomic E-state index is 14.5. The van der Waals surface area contributed by atoms with E-state index >= 15 is 0 Å². The molecule has 5 rings (SSSR count). The molecule has 1 N–H and O–H groups in total. The zero-order chi connectivity index (χ0) is 31.1. The number of carbonyl (C=O) groups is 4. The molecule has 0 aliphatic carbocycles. The Balaban J connectivity index is 1.64. The van der Waals surface area contributed by atoms with E-state index < -0.39 is 59.6 Å². The molecule has 10 nitrogen and oxygen atoms in total. The summed E-state index contributed by atoms with van der Waals surface area (Å²) in [6, 6.07) is 6.95. The number of aliphatic hydroxyl groups excluding tert-OH is 1. The molecule has 8 atom stereocenters. The molecule has 1 aromatic carbocycles. The van der Waals surface area contributed by atoms with Gasteiger partial charge in [-0.15, -0.1) is 0 Å². The first-order valence-corrected chi connectivity index (χ1v) is 15.3. The number of cyclic esters (lactones) is 1. The van der Waals surface area contributed by atoms with Crippen molar-refractivity contribution in [2.45, 2.75) is 88.9 Å². The third-order valence-electron chi connectivity index (χ3n) is 9.60. The average molecular weight is 594 g/mol. The first-order chi connectivity index (χ1) is 20.6. The Kier molecular flexibility index (Phi) is 8.81. The number of ether oxygens (including phenoxy) is 2. The minimum Gasteiger partial charge on any atom is -0.455 e. The Labute approximate surface area is 253 Å². The summed E-state index contributed by atoms with van der Waals surface area (Å²) < 4.78 is 13.0. The molecule has 4 aliphatic rings. The molecule has 0 aromatic heterocycles. The highest BCUT2D eigenvalue weighted by Crippen LogP contribution is 2.54. The van der Waals surface area contributed by atoms with Gasteiger partial charge in [0.15, 0.2) is 0 Å².